The summed E-state index contributed by atoms with van der Waals surface area (Å²) in [5.74, 6) is 0.840. The third-order valence-corrected chi connectivity index (χ3v) is 4.57. The lowest BCUT2D eigenvalue weighted by Crippen LogP contribution is -2.11. The molecule has 0 aliphatic carbocycles. The Morgan fingerprint density at radius 3 is 1.52 bits per heavy atom. The van der Waals surface area contributed by atoms with Crippen LogP contribution in [0.25, 0.3) is 0 Å². The van der Waals surface area contributed by atoms with Crippen molar-refractivity contribution in [1.29, 1.82) is 0 Å². The molecule has 27 heavy (non-hydrogen) atoms. The summed E-state index contributed by atoms with van der Waals surface area (Å²) in [6, 6.07) is 0. The van der Waals surface area contributed by atoms with Gasteiger partial charge in [0.1, 0.15) is 0 Å². The second-order valence-corrected chi connectivity index (χ2v) is 8.41. The Bertz CT molecular complexity index is 347. The first kappa shape index (κ1) is 27.0. The van der Waals surface area contributed by atoms with Gasteiger partial charge in [-0.2, -0.15) is 0 Å². The van der Waals surface area contributed by atoms with E-state index < -0.39 is 7.82 Å². The quantitative estimate of drug-likeness (QED) is 0.214. The highest BCUT2D eigenvalue weighted by Crippen LogP contribution is 2.35. The summed E-state index contributed by atoms with van der Waals surface area (Å²) in [5, 5.41) is 0. The Balaban J connectivity index is 3.04. The number of rotatable bonds is 21. The number of unbranched alkanes of at least 4 members (excludes halogenated alkanes) is 7. The number of phosphoric acid groups is 1. The minimum atomic E-state index is -4.39. The van der Waals surface area contributed by atoms with Crippen LogP contribution in [0.5, 0.6) is 0 Å². The molecule has 0 aromatic heterocycles. The highest BCUT2D eigenvalue weighted by molar-refractivity contribution is 7.46. The minimum Gasteiger partial charge on any atom is -0.379 e. The van der Waals surface area contributed by atoms with E-state index >= 15 is 0 Å². The summed E-state index contributed by atoms with van der Waals surface area (Å²) in [5.41, 5.74) is 0. The Kier molecular flexibility index (Phi) is 19.3. The fraction of sp³-hybridized carbons (Fsp3) is 1.00. The van der Waals surface area contributed by atoms with Gasteiger partial charge in [0.25, 0.3) is 0 Å². The third kappa shape index (κ3) is 26.0. The molecule has 0 rings (SSSR count). The van der Waals surface area contributed by atoms with Gasteiger partial charge >= 0.3 is 7.82 Å². The Morgan fingerprint density at radius 1 is 0.630 bits per heavy atom. The van der Waals surface area contributed by atoms with Crippen molar-refractivity contribution in [2.24, 2.45) is 5.92 Å². The highest BCUT2D eigenvalue weighted by atomic mass is 31.2. The van der Waals surface area contributed by atoms with Gasteiger partial charge in [0.2, 0.25) is 0 Å². The lowest BCUT2D eigenvalue weighted by molar-refractivity contribution is 0.00702. The maximum atomic E-state index is 10.4. The van der Waals surface area contributed by atoms with Crippen LogP contribution in [-0.4, -0.2) is 56.0 Å². The smallest absolute Gasteiger partial charge is 0.379 e. The van der Waals surface area contributed by atoms with E-state index in [9.17, 15) is 4.57 Å². The second kappa shape index (κ2) is 19.3. The molecule has 0 unspecified atom stereocenters. The van der Waals surface area contributed by atoms with Crippen LogP contribution < -0.4 is 0 Å². The summed E-state index contributed by atoms with van der Waals surface area (Å²) in [6.45, 7) is 7.26. The predicted molar refractivity (Wildman–Crippen MR) is 107 cm³/mol. The molecule has 0 amide bonds. The molecule has 0 aromatic carbocycles. The van der Waals surface area contributed by atoms with E-state index in [4.69, 9.17) is 24.0 Å². The lowest BCUT2D eigenvalue weighted by Gasteiger charge is -2.08. The van der Waals surface area contributed by atoms with Gasteiger partial charge in [-0.3, -0.25) is 4.52 Å². The molecule has 2 N–H and O–H groups in total. The molecule has 7 nitrogen and oxygen atoms in total. The number of hydrogen-bond donors (Lipinski definition) is 2. The normalized spacial score (nSPS) is 12.2. The largest absolute Gasteiger partial charge is 0.469 e. The summed E-state index contributed by atoms with van der Waals surface area (Å²) in [6.07, 6.45) is 11.8. The SMILES string of the molecule is CC(C)CCCCCCCCCCOCCOCCOCCOP(=O)(O)O. The Morgan fingerprint density at radius 2 is 1.04 bits per heavy atom. The van der Waals surface area contributed by atoms with Crippen molar-refractivity contribution in [3.8, 4) is 0 Å². The summed E-state index contributed by atoms with van der Waals surface area (Å²) >= 11 is 0. The first-order valence-corrected chi connectivity index (χ1v) is 11.9. The van der Waals surface area contributed by atoms with Crippen LogP contribution in [0.2, 0.25) is 0 Å². The van der Waals surface area contributed by atoms with Crippen molar-refractivity contribution in [1.82, 2.24) is 0 Å². The molecule has 0 atom stereocenters. The van der Waals surface area contributed by atoms with Gasteiger partial charge in [-0.05, 0) is 12.3 Å². The molecule has 0 aliphatic heterocycles. The summed E-state index contributed by atoms with van der Waals surface area (Å²) in [4.78, 5) is 16.9. The van der Waals surface area contributed by atoms with E-state index in [0.29, 0.717) is 26.4 Å². The fourth-order valence-electron chi connectivity index (χ4n) is 2.57. The van der Waals surface area contributed by atoms with Gasteiger partial charge in [0.15, 0.2) is 0 Å². The topological polar surface area (TPSA) is 94.5 Å². The molecule has 0 bridgehead atoms. The second-order valence-electron chi connectivity index (χ2n) is 7.17. The molecule has 0 fully saturated rings. The van der Waals surface area contributed by atoms with Crippen molar-refractivity contribution in [3.63, 3.8) is 0 Å². The standard InChI is InChI=1S/C19H41O7P/c1-19(2)11-9-7-5-3-4-6-8-10-12-23-13-14-24-15-16-25-17-18-26-27(20,21)22/h19H,3-18H2,1-2H3,(H2,20,21,22). The maximum Gasteiger partial charge on any atom is 0.469 e. The van der Waals surface area contributed by atoms with Crippen molar-refractivity contribution in [3.05, 3.63) is 0 Å². The summed E-state index contributed by atoms with van der Waals surface area (Å²) < 4.78 is 30.6. The van der Waals surface area contributed by atoms with Crippen molar-refractivity contribution < 1.29 is 33.1 Å². The molecule has 0 aromatic rings. The van der Waals surface area contributed by atoms with E-state index in [1.54, 1.807) is 0 Å². The van der Waals surface area contributed by atoms with Crippen molar-refractivity contribution in [2.45, 2.75) is 71.6 Å². The van der Waals surface area contributed by atoms with E-state index in [-0.39, 0.29) is 13.2 Å². The van der Waals surface area contributed by atoms with Gasteiger partial charge in [-0.25, -0.2) is 4.57 Å². The summed E-state index contributed by atoms with van der Waals surface area (Å²) in [7, 11) is -4.39. The van der Waals surface area contributed by atoms with E-state index in [2.05, 4.69) is 18.4 Å². The van der Waals surface area contributed by atoms with Crippen LogP contribution in [0.1, 0.15) is 71.6 Å². The highest BCUT2D eigenvalue weighted by Gasteiger charge is 2.12. The molecular weight excluding hydrogens is 371 g/mol. The van der Waals surface area contributed by atoms with E-state index in [1.807, 2.05) is 0 Å². The molecular formula is C19H41O7P. The molecule has 0 saturated heterocycles. The van der Waals surface area contributed by atoms with Crippen LogP contribution in [0.15, 0.2) is 0 Å². The maximum absolute atomic E-state index is 10.4. The minimum absolute atomic E-state index is 0.128. The number of ether oxygens (including phenoxy) is 3. The van der Waals surface area contributed by atoms with Crippen LogP contribution in [0, 0.1) is 5.92 Å². The zero-order valence-electron chi connectivity index (χ0n) is 17.3. The van der Waals surface area contributed by atoms with Crippen molar-refractivity contribution in [2.75, 3.05) is 46.2 Å². The van der Waals surface area contributed by atoms with Gasteiger partial charge < -0.3 is 24.0 Å². The lowest BCUT2D eigenvalue weighted by atomic mass is 10.0. The average Bonchev–Trinajstić information content (AvgIpc) is 2.58. The van der Waals surface area contributed by atoms with Gasteiger partial charge in [0, 0.05) is 6.61 Å². The fourth-order valence-corrected chi connectivity index (χ4v) is 2.89. The first-order valence-electron chi connectivity index (χ1n) is 10.3. The molecule has 8 heteroatoms. The zero-order chi connectivity index (χ0) is 20.2. The number of hydrogen-bond acceptors (Lipinski definition) is 5. The monoisotopic (exact) mass is 412 g/mol. The van der Waals surface area contributed by atoms with E-state index in [0.717, 1.165) is 18.9 Å². The molecule has 0 radical (unpaired) electrons. The molecule has 0 heterocycles. The van der Waals surface area contributed by atoms with Gasteiger partial charge in [0.05, 0.1) is 39.6 Å². The molecule has 0 spiro atoms. The zero-order valence-corrected chi connectivity index (χ0v) is 18.2. The Labute approximate surface area is 165 Å². The average molecular weight is 413 g/mol. The molecule has 0 saturated carbocycles. The van der Waals surface area contributed by atoms with E-state index in [1.165, 1.54) is 51.4 Å². The van der Waals surface area contributed by atoms with Crippen LogP contribution in [0.4, 0.5) is 0 Å². The van der Waals surface area contributed by atoms with Gasteiger partial charge in [-0.1, -0.05) is 65.2 Å². The van der Waals surface area contributed by atoms with Gasteiger partial charge in [-0.15, -0.1) is 0 Å². The Hall–Kier alpha value is -0.0100. The van der Waals surface area contributed by atoms with Crippen LogP contribution in [0.3, 0.4) is 0 Å². The van der Waals surface area contributed by atoms with Crippen molar-refractivity contribution >= 4 is 7.82 Å². The first-order chi connectivity index (χ1) is 12.9. The molecule has 164 valence electrons. The van der Waals surface area contributed by atoms with Crippen LogP contribution in [-0.2, 0) is 23.3 Å². The third-order valence-electron chi connectivity index (χ3n) is 4.05. The predicted octanol–water partition coefficient (Wildman–Crippen LogP) is 4.31. The molecule has 0 aliphatic rings. The number of phosphoric ester groups is 1. The van der Waals surface area contributed by atoms with Crippen LogP contribution >= 0.6 is 7.82 Å².